The van der Waals surface area contributed by atoms with E-state index in [4.69, 9.17) is 16.9 Å². The monoisotopic (exact) mass is 835 g/mol. The minimum absolute atomic E-state index is 0. The van der Waals surface area contributed by atoms with Gasteiger partial charge in [-0.25, -0.2) is 8.42 Å². The molecule has 1 aromatic carbocycles. The second-order valence-corrected chi connectivity index (χ2v) is 8.62. The number of thioether (sulfide) groups is 1. The highest BCUT2D eigenvalue weighted by molar-refractivity contribution is 15.0. The zero-order valence-electron chi connectivity index (χ0n) is 16.8. The lowest BCUT2D eigenvalue weighted by atomic mass is 10.2. The van der Waals surface area contributed by atoms with Crippen molar-refractivity contribution in [1.29, 1.82) is 0 Å². The third-order valence-electron chi connectivity index (χ3n) is 3.46. The number of anilines is 1. The predicted molar refractivity (Wildman–Crippen MR) is 151 cm³/mol. The number of hydrogen-bond donors (Lipinski definition) is 1. The quantitative estimate of drug-likeness (QED) is 0.102. The summed E-state index contributed by atoms with van der Waals surface area (Å²) < 4.78 is 21.6. The van der Waals surface area contributed by atoms with Crippen LogP contribution < -0.4 is 10.6 Å². The molecule has 0 aliphatic carbocycles. The lowest BCUT2D eigenvalue weighted by molar-refractivity contribution is -0.634. The van der Waals surface area contributed by atoms with Crippen LogP contribution in [0.4, 0.5) is 11.4 Å². The Bertz CT molecular complexity index is 820. The number of rotatable bonds is 8. The largest absolute Gasteiger partial charge is 0.707 e. The Balaban J connectivity index is 0. The topological polar surface area (TPSA) is 128 Å². The second kappa shape index (κ2) is 17.9. The van der Waals surface area contributed by atoms with Gasteiger partial charge in [0, 0.05) is 80.7 Å². The molecule has 0 atom stereocenters. The number of benzene rings is 1. The molecule has 10 nitrogen and oxygen atoms in total. The van der Waals surface area contributed by atoms with Crippen LogP contribution in [-0.2, 0) is 14.5 Å². The van der Waals surface area contributed by atoms with Crippen molar-refractivity contribution in [2.45, 2.75) is 11.3 Å². The van der Waals surface area contributed by atoms with Crippen LogP contribution in [0.15, 0.2) is 29.4 Å². The molecule has 31 heavy (non-hydrogen) atoms. The lowest BCUT2D eigenvalue weighted by Gasteiger charge is -2.18. The molecule has 1 aliphatic heterocycles. The average Bonchev–Trinajstić information content (AvgIpc) is 3.12. The Morgan fingerprint density at radius 2 is 1.94 bits per heavy atom. The predicted octanol–water partition coefficient (Wildman–Crippen LogP) is 4.08. The lowest BCUT2D eigenvalue weighted by Crippen LogP contribution is -2.24. The maximum Gasteiger partial charge on any atom is 0.293 e. The highest BCUT2D eigenvalue weighted by Gasteiger charge is 2.17. The van der Waals surface area contributed by atoms with Crippen LogP contribution in [0, 0.1) is 10.1 Å². The minimum Gasteiger partial charge on any atom is -0.707 e. The molecule has 180 valence electrons. The molecule has 0 fully saturated rings. The summed E-state index contributed by atoms with van der Waals surface area (Å²) in [6, 6.07) is 3.16. The van der Waals surface area contributed by atoms with Gasteiger partial charge in [0.1, 0.15) is 5.69 Å². The van der Waals surface area contributed by atoms with Gasteiger partial charge in [-0.1, -0.05) is 11.6 Å². The Morgan fingerprint density at radius 3 is 2.35 bits per heavy atom. The van der Waals surface area contributed by atoms with Gasteiger partial charge < -0.3 is 24.7 Å². The third kappa shape index (κ3) is 14.4. The van der Waals surface area contributed by atoms with Gasteiger partial charge in [0.2, 0.25) is 0 Å². The standard InChI is InChI=1S/C14H19ClN4O2S.CH4O4S.I2.HI/c1-17-6-7-18(10-17)5-3-4-16-12-9-14(22-2)11(15)8-13(12)19(20)21;1-6(3,4)5-2;1-2;/h6-9,16H,3-5,10H2,1-2H3;2H,1H3;;1H/p-1. The molecule has 0 amide bonds. The Kier molecular flexibility index (Phi) is 19.4. The van der Waals surface area contributed by atoms with Crippen LogP contribution in [0.25, 0.3) is 0 Å². The zero-order valence-corrected chi connectivity index (χ0v) is 25.8. The summed E-state index contributed by atoms with van der Waals surface area (Å²) in [5.74, 6) is 0. The van der Waals surface area contributed by atoms with Crippen molar-refractivity contribution in [2.24, 2.45) is 0 Å². The van der Waals surface area contributed by atoms with Gasteiger partial charge in [-0.2, -0.15) is 0 Å². The summed E-state index contributed by atoms with van der Waals surface area (Å²) in [5.41, 5.74) is 0.538. The van der Waals surface area contributed by atoms with Gasteiger partial charge in [0.15, 0.2) is 0 Å². The fraction of sp³-hybridized carbons (Fsp3) is 0.467. The molecule has 0 saturated heterocycles. The first kappa shape index (κ1) is 33.6. The van der Waals surface area contributed by atoms with Crippen molar-refractivity contribution in [3.8, 4) is 0 Å². The number of nitro benzene ring substituents is 1. The molecule has 1 N–H and O–H groups in total. The molecule has 0 aromatic heterocycles. The van der Waals surface area contributed by atoms with Crippen LogP contribution in [0.2, 0.25) is 5.02 Å². The van der Waals surface area contributed by atoms with Gasteiger partial charge >= 0.3 is 0 Å². The van der Waals surface area contributed by atoms with Gasteiger partial charge in [-0.05, 0) is 18.7 Å². The summed E-state index contributed by atoms with van der Waals surface area (Å²) >= 11 is 11.7. The number of nitrogens with one attached hydrogen (secondary N) is 1. The SMILES string of the molecule is CS(=O)(=O)O[O-].CSc1cc(NCCCN2C=CN(C)C2)c([N+](=O)[O-])cc1Cl.I.II. The Morgan fingerprint density at radius 1 is 1.35 bits per heavy atom. The molecule has 0 unspecified atom stereocenters. The Hall–Kier alpha value is 0.460. The Labute approximate surface area is 232 Å². The first-order valence-electron chi connectivity index (χ1n) is 8.11. The van der Waals surface area contributed by atoms with E-state index in [2.05, 4.69) is 62.9 Å². The molecule has 0 spiro atoms. The van der Waals surface area contributed by atoms with E-state index in [1.165, 1.54) is 17.8 Å². The van der Waals surface area contributed by atoms with Crippen molar-refractivity contribution in [1.82, 2.24) is 9.80 Å². The van der Waals surface area contributed by atoms with Crippen LogP contribution in [0.5, 0.6) is 0 Å². The van der Waals surface area contributed by atoms with E-state index in [-0.39, 0.29) is 29.7 Å². The molecule has 0 bridgehead atoms. The fourth-order valence-electron chi connectivity index (χ4n) is 2.23. The summed E-state index contributed by atoms with van der Waals surface area (Å²) in [6.07, 6.45) is 7.55. The first-order chi connectivity index (χ1) is 14.1. The molecular formula is C15H23ClI3N4O6S2-. The smallest absolute Gasteiger partial charge is 0.293 e. The van der Waals surface area contributed by atoms with Crippen molar-refractivity contribution in [3.05, 3.63) is 39.7 Å². The first-order valence-corrected chi connectivity index (χ1v) is 17.8. The molecule has 1 aromatic rings. The van der Waals surface area contributed by atoms with E-state index in [1.807, 2.05) is 19.5 Å². The van der Waals surface area contributed by atoms with E-state index in [0.29, 0.717) is 23.5 Å². The average molecular weight is 836 g/mol. The van der Waals surface area contributed by atoms with Gasteiger partial charge in [-0.3, -0.25) is 10.1 Å². The molecule has 2 rings (SSSR count). The van der Waals surface area contributed by atoms with E-state index in [1.54, 1.807) is 6.07 Å². The molecule has 0 saturated carbocycles. The van der Waals surface area contributed by atoms with Crippen molar-refractivity contribution in [3.63, 3.8) is 0 Å². The maximum atomic E-state index is 11.1. The normalized spacial score (nSPS) is 12.2. The van der Waals surface area contributed by atoms with Crippen molar-refractivity contribution < 1.29 is 22.9 Å². The van der Waals surface area contributed by atoms with Crippen molar-refractivity contribution in [2.75, 3.05) is 44.6 Å². The molecular weight excluding hydrogens is 812 g/mol. The summed E-state index contributed by atoms with van der Waals surface area (Å²) in [5, 5.41) is 23.6. The molecule has 16 heteroatoms. The van der Waals surface area contributed by atoms with Crippen LogP contribution in [-0.4, -0.2) is 62.5 Å². The fourth-order valence-corrected chi connectivity index (χ4v) is 3.11. The number of nitrogens with zero attached hydrogens (tertiary/aromatic N) is 3. The van der Waals surface area contributed by atoms with Gasteiger partial charge in [0.25, 0.3) is 15.8 Å². The number of hydrogen-bond acceptors (Lipinski definition) is 10. The minimum atomic E-state index is -3.72. The summed E-state index contributed by atoms with van der Waals surface area (Å²) in [4.78, 5) is 15.9. The van der Waals surface area contributed by atoms with Crippen molar-refractivity contribution >= 4 is 106 Å². The highest BCUT2D eigenvalue weighted by atomic mass is 128. The van der Waals surface area contributed by atoms with E-state index < -0.39 is 15.0 Å². The second-order valence-electron chi connectivity index (χ2n) is 5.82. The third-order valence-corrected chi connectivity index (χ3v) is 4.91. The van der Waals surface area contributed by atoms with E-state index >= 15 is 0 Å². The van der Waals surface area contributed by atoms with E-state index in [0.717, 1.165) is 24.5 Å². The van der Waals surface area contributed by atoms with Crippen LogP contribution in [0.3, 0.4) is 0 Å². The number of halogens is 4. The highest BCUT2D eigenvalue weighted by Crippen LogP contribution is 2.35. The number of nitro groups is 1. The van der Waals surface area contributed by atoms with Crippen LogP contribution in [0.1, 0.15) is 6.42 Å². The summed E-state index contributed by atoms with van der Waals surface area (Å²) in [6.45, 7) is 2.46. The molecule has 0 radical (unpaired) electrons. The van der Waals surface area contributed by atoms with Crippen LogP contribution >= 0.6 is 84.6 Å². The molecule has 1 heterocycles. The summed E-state index contributed by atoms with van der Waals surface area (Å²) in [7, 11) is -1.69. The maximum absolute atomic E-state index is 11.1. The van der Waals surface area contributed by atoms with Gasteiger partial charge in [-0.15, -0.1) is 35.7 Å². The van der Waals surface area contributed by atoms with E-state index in [9.17, 15) is 18.5 Å². The van der Waals surface area contributed by atoms with Gasteiger partial charge in [0.05, 0.1) is 22.9 Å². The molecule has 1 aliphatic rings. The zero-order chi connectivity index (χ0) is 23.3.